The number of nitrogens with two attached hydrogens (primary N) is 1. The summed E-state index contributed by atoms with van der Waals surface area (Å²) in [7, 11) is 2.50. The van der Waals surface area contributed by atoms with Crippen LogP contribution in [0.4, 0.5) is 11.5 Å². The summed E-state index contributed by atoms with van der Waals surface area (Å²) in [5.41, 5.74) is 3.55. The summed E-state index contributed by atoms with van der Waals surface area (Å²) in [6.45, 7) is -0.759. The number of carbonyl (C=O) groups excluding carboxylic acids is 2. The van der Waals surface area contributed by atoms with Crippen molar-refractivity contribution in [3.8, 4) is 0 Å². The Morgan fingerprint density at radius 2 is 1.90 bits per heavy atom. The highest BCUT2D eigenvalue weighted by Crippen LogP contribution is 2.29. The number of esters is 1. The van der Waals surface area contributed by atoms with Crippen molar-refractivity contribution in [2.45, 2.75) is 0 Å². The summed E-state index contributed by atoms with van der Waals surface area (Å²) in [6.07, 6.45) is 0. The zero-order valence-electron chi connectivity index (χ0n) is 15.2. The first-order valence-corrected chi connectivity index (χ1v) is 8.87. The topological polar surface area (TPSA) is 157 Å². The standard InChI is InChI=1S/C17H14N4O7S/c1-19-14(18)13(15(23)20(2)17(19)25)10(22)7-28-16(24)12-6-8-5-9(21(26)27)3-4-11(8)29-12/h3-6H,7,18H2,1-2H3. The lowest BCUT2D eigenvalue weighted by Gasteiger charge is -2.10. The Morgan fingerprint density at radius 1 is 1.21 bits per heavy atom. The van der Waals surface area contributed by atoms with Crippen LogP contribution >= 0.6 is 11.3 Å². The van der Waals surface area contributed by atoms with Crippen LogP contribution in [-0.2, 0) is 18.8 Å². The van der Waals surface area contributed by atoms with Crippen LogP contribution in [0.25, 0.3) is 10.1 Å². The molecule has 3 aromatic rings. The molecule has 0 aliphatic carbocycles. The van der Waals surface area contributed by atoms with Gasteiger partial charge in [-0.25, -0.2) is 9.59 Å². The predicted molar refractivity (Wildman–Crippen MR) is 104 cm³/mol. The number of nitro groups is 1. The molecule has 150 valence electrons. The summed E-state index contributed by atoms with van der Waals surface area (Å²) in [5, 5.41) is 11.3. The average Bonchev–Trinajstić information content (AvgIpc) is 3.12. The molecule has 0 radical (unpaired) electrons. The van der Waals surface area contributed by atoms with E-state index >= 15 is 0 Å². The minimum atomic E-state index is -0.888. The summed E-state index contributed by atoms with van der Waals surface area (Å²) in [5.74, 6) is -2.01. The van der Waals surface area contributed by atoms with Gasteiger partial charge in [0.05, 0.1) is 4.92 Å². The van der Waals surface area contributed by atoms with E-state index in [9.17, 15) is 29.3 Å². The number of nitrogens with zero attached hydrogens (tertiary/aromatic N) is 3. The number of hydrogen-bond acceptors (Lipinski definition) is 9. The highest BCUT2D eigenvalue weighted by atomic mass is 32.1. The molecule has 0 saturated heterocycles. The van der Waals surface area contributed by atoms with Gasteiger partial charge in [0, 0.05) is 36.3 Å². The maximum absolute atomic E-state index is 12.4. The Bertz CT molecular complexity index is 1300. The number of anilines is 1. The molecule has 2 heterocycles. The Kier molecular flexibility index (Phi) is 5.03. The van der Waals surface area contributed by atoms with E-state index in [1.165, 1.54) is 38.4 Å². The number of ketones is 1. The van der Waals surface area contributed by atoms with Crippen LogP contribution in [0.2, 0.25) is 0 Å². The van der Waals surface area contributed by atoms with E-state index in [-0.39, 0.29) is 16.4 Å². The van der Waals surface area contributed by atoms with E-state index in [4.69, 9.17) is 10.5 Å². The number of benzene rings is 1. The summed E-state index contributed by atoms with van der Waals surface area (Å²) >= 11 is 1.04. The van der Waals surface area contributed by atoms with E-state index in [2.05, 4.69) is 0 Å². The zero-order chi connectivity index (χ0) is 21.5. The van der Waals surface area contributed by atoms with Crippen LogP contribution in [0.3, 0.4) is 0 Å². The largest absolute Gasteiger partial charge is 0.453 e. The first-order valence-electron chi connectivity index (χ1n) is 8.05. The molecule has 2 aromatic heterocycles. The van der Waals surface area contributed by atoms with Crippen LogP contribution in [-0.4, -0.2) is 32.4 Å². The molecule has 11 nitrogen and oxygen atoms in total. The van der Waals surface area contributed by atoms with E-state index in [0.717, 1.165) is 20.5 Å². The SMILES string of the molecule is Cn1c(N)c(C(=O)COC(=O)c2cc3cc([N+](=O)[O-])ccc3s2)c(=O)n(C)c1=O. The van der Waals surface area contributed by atoms with Crippen molar-refractivity contribution in [1.82, 2.24) is 9.13 Å². The normalized spacial score (nSPS) is 10.8. The lowest BCUT2D eigenvalue weighted by Crippen LogP contribution is -2.42. The Labute approximate surface area is 165 Å². The molecule has 0 saturated carbocycles. The highest BCUT2D eigenvalue weighted by Gasteiger charge is 2.22. The van der Waals surface area contributed by atoms with Crippen LogP contribution < -0.4 is 17.0 Å². The molecule has 2 N–H and O–H groups in total. The lowest BCUT2D eigenvalue weighted by atomic mass is 10.2. The van der Waals surface area contributed by atoms with E-state index < -0.39 is 40.1 Å². The van der Waals surface area contributed by atoms with Gasteiger partial charge in [-0.3, -0.25) is 28.8 Å². The molecule has 12 heteroatoms. The van der Waals surface area contributed by atoms with Crippen LogP contribution in [0.5, 0.6) is 0 Å². The molecule has 1 aromatic carbocycles. The molecule has 0 aliphatic heterocycles. The fourth-order valence-electron chi connectivity index (χ4n) is 2.64. The number of nitro benzene ring substituents is 1. The van der Waals surface area contributed by atoms with E-state index in [1.54, 1.807) is 0 Å². The van der Waals surface area contributed by atoms with Gasteiger partial charge in [-0.15, -0.1) is 11.3 Å². The lowest BCUT2D eigenvalue weighted by molar-refractivity contribution is -0.384. The number of non-ortho nitro benzene ring substituents is 1. The molecular formula is C17H14N4O7S. The predicted octanol–water partition coefficient (Wildman–Crippen LogP) is 0.829. The quantitative estimate of drug-likeness (QED) is 0.276. The molecule has 0 spiro atoms. The molecular weight excluding hydrogens is 404 g/mol. The van der Waals surface area contributed by atoms with Crippen molar-refractivity contribution in [3.63, 3.8) is 0 Å². The van der Waals surface area contributed by atoms with Gasteiger partial charge >= 0.3 is 11.7 Å². The Balaban J connectivity index is 1.82. The number of hydrogen-bond donors (Lipinski definition) is 1. The maximum Gasteiger partial charge on any atom is 0.348 e. The van der Waals surface area contributed by atoms with Crippen molar-refractivity contribution >= 4 is 44.7 Å². The molecule has 0 amide bonds. The molecule has 0 unspecified atom stereocenters. The van der Waals surface area contributed by atoms with Gasteiger partial charge in [0.2, 0.25) is 5.78 Å². The van der Waals surface area contributed by atoms with Gasteiger partial charge in [0.25, 0.3) is 11.2 Å². The first-order chi connectivity index (χ1) is 13.6. The zero-order valence-corrected chi connectivity index (χ0v) is 16.0. The second-order valence-corrected chi connectivity index (χ2v) is 7.14. The Hall–Kier alpha value is -3.80. The van der Waals surface area contributed by atoms with Crippen molar-refractivity contribution in [2.24, 2.45) is 14.1 Å². The number of rotatable bonds is 5. The fourth-order valence-corrected chi connectivity index (χ4v) is 3.58. The van der Waals surface area contributed by atoms with Crippen molar-refractivity contribution in [2.75, 3.05) is 12.3 Å². The average molecular weight is 418 g/mol. The molecule has 3 rings (SSSR count). The maximum atomic E-state index is 12.4. The minimum Gasteiger partial charge on any atom is -0.453 e. The molecule has 0 fully saturated rings. The number of thiophene rings is 1. The number of fused-ring (bicyclic) bond motifs is 1. The highest BCUT2D eigenvalue weighted by molar-refractivity contribution is 7.20. The van der Waals surface area contributed by atoms with Gasteiger partial charge in [-0.05, 0) is 12.1 Å². The summed E-state index contributed by atoms with van der Waals surface area (Å²) in [4.78, 5) is 59.0. The van der Waals surface area contributed by atoms with Crippen LogP contribution in [0.15, 0.2) is 33.9 Å². The van der Waals surface area contributed by atoms with Gasteiger partial charge in [0.15, 0.2) is 6.61 Å². The third kappa shape index (κ3) is 3.52. The first kappa shape index (κ1) is 19.9. The molecule has 0 bridgehead atoms. The molecule has 29 heavy (non-hydrogen) atoms. The molecule has 0 atom stereocenters. The second kappa shape index (κ2) is 7.31. The number of Topliss-reactive ketones (excluding diaryl/α,β-unsaturated/α-hetero) is 1. The third-order valence-corrected chi connectivity index (χ3v) is 5.33. The van der Waals surface area contributed by atoms with Crippen LogP contribution in [0.1, 0.15) is 20.0 Å². The van der Waals surface area contributed by atoms with E-state index in [0.29, 0.717) is 10.1 Å². The monoisotopic (exact) mass is 418 g/mol. The third-order valence-electron chi connectivity index (χ3n) is 4.23. The van der Waals surface area contributed by atoms with Crippen molar-refractivity contribution in [1.29, 1.82) is 0 Å². The van der Waals surface area contributed by atoms with Crippen LogP contribution in [0, 0.1) is 10.1 Å². The smallest absolute Gasteiger partial charge is 0.348 e. The Morgan fingerprint density at radius 3 is 2.55 bits per heavy atom. The van der Waals surface area contributed by atoms with Gasteiger partial charge < -0.3 is 10.5 Å². The summed E-state index contributed by atoms with van der Waals surface area (Å²) in [6, 6.07) is 5.56. The number of carbonyl (C=O) groups is 2. The van der Waals surface area contributed by atoms with E-state index in [1.807, 2.05) is 0 Å². The minimum absolute atomic E-state index is 0.119. The number of aromatic nitrogens is 2. The number of nitrogen functional groups attached to an aromatic ring is 1. The van der Waals surface area contributed by atoms with Crippen molar-refractivity contribution < 1.29 is 19.2 Å². The van der Waals surface area contributed by atoms with Gasteiger partial charge in [-0.2, -0.15) is 0 Å². The molecule has 0 aliphatic rings. The van der Waals surface area contributed by atoms with Gasteiger partial charge in [0.1, 0.15) is 16.3 Å². The van der Waals surface area contributed by atoms with Crippen molar-refractivity contribution in [3.05, 3.63) is 65.7 Å². The number of ether oxygens (including phenoxy) is 1. The summed E-state index contributed by atoms with van der Waals surface area (Å²) < 4.78 is 7.26. The fraction of sp³-hybridized carbons (Fsp3) is 0.176. The van der Waals surface area contributed by atoms with Gasteiger partial charge in [-0.1, -0.05) is 0 Å². The second-order valence-electron chi connectivity index (χ2n) is 6.06.